The number of esters is 1. The average molecular weight is 335 g/mol. The first-order valence-corrected chi connectivity index (χ1v) is 8.79. The van der Waals surface area contributed by atoms with Crippen molar-refractivity contribution in [2.75, 3.05) is 12.9 Å². The summed E-state index contributed by atoms with van der Waals surface area (Å²) in [7, 11) is 1.45. The van der Waals surface area contributed by atoms with Crippen molar-refractivity contribution in [1.29, 1.82) is 0 Å². The standard InChI is InChI=1S/C16H30O3S2/c1-8-14(2,3)16(6,13(18)19-7)11-15(4,5)21-10-9-12(17)20/h8-11H2,1-7H3,(H,17,20). The molecule has 5 heteroatoms. The molecule has 0 aromatic heterocycles. The highest BCUT2D eigenvalue weighted by Gasteiger charge is 2.49. The van der Waals surface area contributed by atoms with Crippen molar-refractivity contribution in [3.05, 3.63) is 0 Å². The van der Waals surface area contributed by atoms with Crippen molar-refractivity contribution in [1.82, 2.24) is 0 Å². The first kappa shape index (κ1) is 20.8. The summed E-state index contributed by atoms with van der Waals surface area (Å²) in [4.78, 5) is 23.4. The second-order valence-corrected chi connectivity index (χ2v) is 9.29. The van der Waals surface area contributed by atoms with E-state index in [9.17, 15) is 9.59 Å². The van der Waals surface area contributed by atoms with Crippen molar-refractivity contribution < 1.29 is 14.3 Å². The molecular weight excluding hydrogens is 304 g/mol. The second-order valence-electron chi connectivity index (χ2n) is 6.99. The second kappa shape index (κ2) is 7.91. The van der Waals surface area contributed by atoms with E-state index in [0.29, 0.717) is 12.8 Å². The van der Waals surface area contributed by atoms with Gasteiger partial charge in [0.15, 0.2) is 5.12 Å². The third-order valence-electron chi connectivity index (χ3n) is 4.60. The van der Waals surface area contributed by atoms with Gasteiger partial charge in [0.1, 0.15) is 0 Å². The van der Waals surface area contributed by atoms with E-state index in [1.807, 2.05) is 6.92 Å². The Hall–Kier alpha value is -0.160. The van der Waals surface area contributed by atoms with Crippen molar-refractivity contribution >= 4 is 35.5 Å². The van der Waals surface area contributed by atoms with E-state index in [0.717, 1.165) is 12.2 Å². The molecule has 21 heavy (non-hydrogen) atoms. The summed E-state index contributed by atoms with van der Waals surface area (Å²) in [5, 5.41) is -0.0945. The smallest absolute Gasteiger partial charge is 0.312 e. The molecule has 0 amide bonds. The van der Waals surface area contributed by atoms with E-state index in [2.05, 4.69) is 47.2 Å². The highest BCUT2D eigenvalue weighted by Crippen LogP contribution is 2.50. The molecule has 3 nitrogen and oxygen atoms in total. The molecule has 0 heterocycles. The normalized spacial score (nSPS) is 15.4. The topological polar surface area (TPSA) is 43.4 Å². The van der Waals surface area contributed by atoms with Crippen LogP contribution in [0.5, 0.6) is 0 Å². The van der Waals surface area contributed by atoms with Gasteiger partial charge in [0.25, 0.3) is 0 Å². The molecule has 0 aromatic carbocycles. The third kappa shape index (κ3) is 5.85. The molecule has 0 rings (SSSR count). The van der Waals surface area contributed by atoms with E-state index >= 15 is 0 Å². The van der Waals surface area contributed by atoms with Crippen molar-refractivity contribution in [3.8, 4) is 0 Å². The summed E-state index contributed by atoms with van der Waals surface area (Å²) >= 11 is 5.51. The number of thioether (sulfide) groups is 1. The Morgan fingerprint density at radius 3 is 2.05 bits per heavy atom. The zero-order valence-corrected chi connectivity index (χ0v) is 16.1. The molecule has 0 saturated carbocycles. The molecule has 1 atom stereocenters. The molecule has 1 unspecified atom stereocenters. The maximum absolute atomic E-state index is 12.4. The first-order chi connectivity index (χ1) is 9.42. The van der Waals surface area contributed by atoms with Crippen LogP contribution in [0, 0.1) is 10.8 Å². The van der Waals surface area contributed by atoms with Crippen molar-refractivity contribution in [3.63, 3.8) is 0 Å². The molecule has 0 saturated heterocycles. The van der Waals surface area contributed by atoms with Crippen LogP contribution >= 0.6 is 24.4 Å². The van der Waals surface area contributed by atoms with Crippen molar-refractivity contribution in [2.24, 2.45) is 10.8 Å². The fourth-order valence-corrected chi connectivity index (χ4v) is 4.01. The van der Waals surface area contributed by atoms with E-state index in [1.165, 1.54) is 7.11 Å². The third-order valence-corrected chi connectivity index (χ3v) is 6.16. The van der Waals surface area contributed by atoms with Gasteiger partial charge in [-0.3, -0.25) is 9.59 Å². The fraction of sp³-hybridized carbons (Fsp3) is 0.875. The van der Waals surface area contributed by atoms with Crippen LogP contribution in [0.1, 0.15) is 60.8 Å². The lowest BCUT2D eigenvalue weighted by Crippen LogP contribution is -2.46. The number of thiol groups is 1. The Morgan fingerprint density at radius 2 is 1.67 bits per heavy atom. The van der Waals surface area contributed by atoms with Crippen LogP contribution in [-0.4, -0.2) is 28.7 Å². The number of hydrogen-bond acceptors (Lipinski definition) is 4. The number of rotatable bonds is 9. The number of ether oxygens (including phenoxy) is 1. The summed E-state index contributed by atoms with van der Waals surface area (Å²) in [6.45, 7) is 12.6. The highest BCUT2D eigenvalue weighted by molar-refractivity contribution is 8.01. The summed E-state index contributed by atoms with van der Waals surface area (Å²) in [5.74, 6) is 0.562. The molecule has 0 aliphatic carbocycles. The number of hydrogen-bond donors (Lipinski definition) is 1. The maximum Gasteiger partial charge on any atom is 0.312 e. The van der Waals surface area contributed by atoms with Crippen LogP contribution in [0.2, 0.25) is 0 Å². The maximum atomic E-state index is 12.4. The lowest BCUT2D eigenvalue weighted by molar-refractivity contribution is -0.161. The molecule has 0 radical (unpaired) electrons. The predicted octanol–water partition coefficient (Wildman–Crippen LogP) is 4.35. The van der Waals surface area contributed by atoms with E-state index in [4.69, 9.17) is 4.74 Å². The zero-order valence-electron chi connectivity index (χ0n) is 14.4. The molecule has 0 aliphatic heterocycles. The summed E-state index contributed by atoms with van der Waals surface area (Å²) in [6, 6.07) is 0. The molecule has 0 aliphatic rings. The molecule has 0 bridgehead atoms. The van der Waals surface area contributed by atoms with E-state index in [-0.39, 0.29) is 21.2 Å². The van der Waals surface area contributed by atoms with E-state index < -0.39 is 5.41 Å². The number of carbonyl (C=O) groups is 2. The Labute approximate surface area is 139 Å². The van der Waals surface area contributed by atoms with Gasteiger partial charge >= 0.3 is 5.97 Å². The van der Waals surface area contributed by atoms with E-state index in [1.54, 1.807) is 11.8 Å². The van der Waals surface area contributed by atoms with Crippen LogP contribution in [0.4, 0.5) is 0 Å². The molecule has 124 valence electrons. The Balaban J connectivity index is 5.13. The van der Waals surface area contributed by atoms with Crippen LogP contribution < -0.4 is 0 Å². The van der Waals surface area contributed by atoms with Gasteiger partial charge < -0.3 is 4.74 Å². The number of methoxy groups -OCH3 is 1. The molecule has 0 N–H and O–H groups in total. The minimum Gasteiger partial charge on any atom is -0.469 e. The Bertz CT molecular complexity index is 378. The minimum atomic E-state index is -0.558. The van der Waals surface area contributed by atoms with Gasteiger partial charge in [-0.15, -0.1) is 12.6 Å². The SMILES string of the molecule is CCC(C)(C)C(C)(CC(C)(C)SCCC(=O)S)C(=O)OC. The number of carbonyl (C=O) groups excluding carboxylic acids is 2. The Kier molecular flexibility index (Phi) is 7.85. The van der Waals surface area contributed by atoms with Crippen molar-refractivity contribution in [2.45, 2.75) is 65.6 Å². The van der Waals surface area contributed by atoms with Crippen LogP contribution in [0.15, 0.2) is 0 Å². The van der Waals surface area contributed by atoms with Gasteiger partial charge in [0.2, 0.25) is 0 Å². The lowest BCUT2D eigenvalue weighted by atomic mass is 9.61. The minimum absolute atomic E-state index is 0.0945. The van der Waals surface area contributed by atoms with Gasteiger partial charge in [-0.25, -0.2) is 0 Å². The Morgan fingerprint density at radius 1 is 1.14 bits per heavy atom. The predicted molar refractivity (Wildman–Crippen MR) is 94.0 cm³/mol. The van der Waals surface area contributed by atoms with Gasteiger partial charge in [-0.05, 0) is 25.2 Å². The lowest BCUT2D eigenvalue weighted by Gasteiger charge is -2.45. The van der Waals surface area contributed by atoms with Gasteiger partial charge in [0, 0.05) is 16.9 Å². The van der Waals surface area contributed by atoms with Gasteiger partial charge in [-0.2, -0.15) is 11.8 Å². The zero-order chi connectivity index (χ0) is 16.9. The molecule has 0 aromatic rings. The van der Waals surface area contributed by atoms with Crippen LogP contribution in [0.3, 0.4) is 0 Å². The summed E-state index contributed by atoms with van der Waals surface area (Å²) in [6.07, 6.45) is 2.05. The summed E-state index contributed by atoms with van der Waals surface area (Å²) in [5.41, 5.74) is -0.713. The highest BCUT2D eigenvalue weighted by atomic mass is 32.2. The van der Waals surface area contributed by atoms with Gasteiger partial charge in [0.05, 0.1) is 12.5 Å². The quantitative estimate of drug-likeness (QED) is 0.503. The molecular formula is C16H30O3S2. The molecule has 0 fully saturated rings. The largest absolute Gasteiger partial charge is 0.469 e. The first-order valence-electron chi connectivity index (χ1n) is 7.36. The van der Waals surface area contributed by atoms with Crippen LogP contribution in [-0.2, 0) is 14.3 Å². The fourth-order valence-electron chi connectivity index (χ4n) is 2.52. The van der Waals surface area contributed by atoms with Gasteiger partial charge in [-0.1, -0.05) is 34.6 Å². The monoisotopic (exact) mass is 334 g/mol. The molecule has 0 spiro atoms. The van der Waals surface area contributed by atoms with Crippen LogP contribution in [0.25, 0.3) is 0 Å². The summed E-state index contributed by atoms with van der Waals surface area (Å²) < 4.78 is 4.97. The average Bonchev–Trinajstić information content (AvgIpc) is 2.35.